The van der Waals surface area contributed by atoms with Gasteiger partial charge < -0.3 is 5.32 Å². The summed E-state index contributed by atoms with van der Waals surface area (Å²) in [6.45, 7) is 2.06. The minimum atomic E-state index is -0.157. The lowest BCUT2D eigenvalue weighted by molar-refractivity contribution is 0.0944. The van der Waals surface area contributed by atoms with Gasteiger partial charge in [0.05, 0.1) is 6.04 Å². The summed E-state index contributed by atoms with van der Waals surface area (Å²) in [5.41, 5.74) is 3.43. The van der Waals surface area contributed by atoms with Gasteiger partial charge in [0.2, 0.25) is 0 Å². The van der Waals surface area contributed by atoms with E-state index in [-0.39, 0.29) is 11.9 Å². The second kappa shape index (κ2) is 5.73. The van der Waals surface area contributed by atoms with E-state index >= 15 is 0 Å². The molecule has 0 bridgehead atoms. The number of amides is 1. The zero-order chi connectivity index (χ0) is 13.0. The molecule has 0 fully saturated rings. The second-order valence-electron chi connectivity index (χ2n) is 4.82. The van der Waals surface area contributed by atoms with Crippen molar-refractivity contribution in [2.24, 2.45) is 0 Å². The quantitative estimate of drug-likeness (QED) is 0.807. The molecule has 2 heteroatoms. The summed E-state index contributed by atoms with van der Waals surface area (Å²) >= 11 is 0. The summed E-state index contributed by atoms with van der Waals surface area (Å²) in [4.78, 5) is 12.1. The number of hydrogen-bond acceptors (Lipinski definition) is 1. The molecular weight excluding hydrogens is 222 g/mol. The van der Waals surface area contributed by atoms with Gasteiger partial charge in [-0.3, -0.25) is 4.79 Å². The molecule has 1 aliphatic carbocycles. The topological polar surface area (TPSA) is 29.1 Å². The summed E-state index contributed by atoms with van der Waals surface area (Å²) in [6.07, 6.45) is 10.6. The molecule has 0 spiro atoms. The van der Waals surface area contributed by atoms with Gasteiger partial charge in [0.1, 0.15) is 0 Å². The number of carbonyl (C=O) groups is 1. The van der Waals surface area contributed by atoms with Crippen molar-refractivity contribution in [1.29, 1.82) is 0 Å². The van der Waals surface area contributed by atoms with Gasteiger partial charge in [-0.2, -0.15) is 0 Å². The van der Waals surface area contributed by atoms with Crippen molar-refractivity contribution < 1.29 is 4.79 Å². The van der Waals surface area contributed by atoms with Crippen molar-refractivity contribution >= 4 is 5.91 Å². The monoisotopic (exact) mass is 241 g/mol. The Bertz CT molecular complexity index is 484. The number of aryl methyl sites for hydroxylation is 2. The first-order valence-corrected chi connectivity index (χ1v) is 6.63. The average molecular weight is 241 g/mol. The highest BCUT2D eigenvalue weighted by atomic mass is 16.1. The fraction of sp³-hybridized carbons (Fsp3) is 0.438. The molecule has 2 rings (SSSR count). The van der Waals surface area contributed by atoms with E-state index in [1.807, 2.05) is 12.1 Å². The van der Waals surface area contributed by atoms with E-state index in [0.717, 1.165) is 31.2 Å². The molecular formula is C16H19NO. The van der Waals surface area contributed by atoms with Crippen LogP contribution in [-0.4, -0.2) is 11.9 Å². The predicted octanol–water partition coefficient (Wildman–Crippen LogP) is 2.71. The van der Waals surface area contributed by atoms with Crippen LogP contribution in [0, 0.1) is 12.3 Å². The van der Waals surface area contributed by atoms with Gasteiger partial charge in [-0.15, -0.1) is 6.42 Å². The Kier molecular flexibility index (Phi) is 4.04. The van der Waals surface area contributed by atoms with E-state index in [4.69, 9.17) is 6.42 Å². The maximum absolute atomic E-state index is 12.1. The third-order valence-corrected chi connectivity index (χ3v) is 3.44. The highest BCUT2D eigenvalue weighted by molar-refractivity contribution is 5.94. The molecule has 0 saturated heterocycles. The predicted molar refractivity (Wildman–Crippen MR) is 73.5 cm³/mol. The van der Waals surface area contributed by atoms with Crippen LogP contribution in [0.3, 0.4) is 0 Å². The van der Waals surface area contributed by atoms with E-state index < -0.39 is 0 Å². The number of terminal acetylenes is 1. The minimum absolute atomic E-state index is 0.0545. The van der Waals surface area contributed by atoms with E-state index in [1.165, 1.54) is 17.5 Å². The number of benzene rings is 1. The molecule has 0 radical (unpaired) electrons. The molecule has 1 aliphatic rings. The maximum atomic E-state index is 12.1. The average Bonchev–Trinajstić information content (AvgIpc) is 2.85. The molecule has 1 aromatic rings. The Hall–Kier alpha value is -1.75. The van der Waals surface area contributed by atoms with Gasteiger partial charge in [0, 0.05) is 5.56 Å². The molecule has 1 N–H and O–H groups in total. The smallest absolute Gasteiger partial charge is 0.252 e. The minimum Gasteiger partial charge on any atom is -0.338 e. The largest absolute Gasteiger partial charge is 0.338 e. The molecule has 0 aromatic heterocycles. The standard InChI is InChI=1S/C16H19NO/c1-3-6-15(4-2)17-16(18)14-10-9-12-7-5-8-13(12)11-14/h2,9-11,15H,3,5-8H2,1H3,(H,17,18). The maximum Gasteiger partial charge on any atom is 0.252 e. The van der Waals surface area contributed by atoms with Crippen LogP contribution in [0.2, 0.25) is 0 Å². The SMILES string of the molecule is C#CC(CCC)NC(=O)c1ccc2c(c1)CCC2. The summed E-state index contributed by atoms with van der Waals surface area (Å²) < 4.78 is 0. The normalized spacial score (nSPS) is 14.7. The van der Waals surface area contributed by atoms with Crippen molar-refractivity contribution in [1.82, 2.24) is 5.32 Å². The third kappa shape index (κ3) is 2.73. The van der Waals surface area contributed by atoms with Gasteiger partial charge in [-0.1, -0.05) is 25.3 Å². The number of nitrogens with one attached hydrogen (secondary N) is 1. The van der Waals surface area contributed by atoms with E-state index in [0.29, 0.717) is 0 Å². The Morgan fingerprint density at radius 1 is 1.44 bits per heavy atom. The fourth-order valence-corrected chi connectivity index (χ4v) is 2.44. The number of rotatable bonds is 4. The summed E-state index contributed by atoms with van der Waals surface area (Å²) in [7, 11) is 0. The van der Waals surface area contributed by atoms with Gasteiger partial charge >= 0.3 is 0 Å². The van der Waals surface area contributed by atoms with Crippen LogP contribution in [0.1, 0.15) is 47.7 Å². The molecule has 2 nitrogen and oxygen atoms in total. The Morgan fingerprint density at radius 2 is 2.22 bits per heavy atom. The summed E-state index contributed by atoms with van der Waals surface area (Å²) in [5.74, 6) is 2.57. The van der Waals surface area contributed by atoms with Gasteiger partial charge in [-0.05, 0) is 48.9 Å². The lowest BCUT2D eigenvalue weighted by Gasteiger charge is -2.12. The Labute approximate surface area is 109 Å². The van der Waals surface area contributed by atoms with Crippen LogP contribution in [-0.2, 0) is 12.8 Å². The highest BCUT2D eigenvalue weighted by Gasteiger charge is 2.15. The number of hydrogen-bond donors (Lipinski definition) is 1. The molecule has 0 aliphatic heterocycles. The lowest BCUT2D eigenvalue weighted by Crippen LogP contribution is -2.33. The van der Waals surface area contributed by atoms with Crippen LogP contribution in [0.4, 0.5) is 0 Å². The van der Waals surface area contributed by atoms with Crippen molar-refractivity contribution in [2.75, 3.05) is 0 Å². The van der Waals surface area contributed by atoms with E-state index in [1.54, 1.807) is 0 Å². The first-order chi connectivity index (χ1) is 8.74. The molecule has 1 unspecified atom stereocenters. The lowest BCUT2D eigenvalue weighted by atomic mass is 10.1. The van der Waals surface area contributed by atoms with Crippen LogP contribution < -0.4 is 5.32 Å². The van der Waals surface area contributed by atoms with Crippen molar-refractivity contribution in [3.8, 4) is 12.3 Å². The van der Waals surface area contributed by atoms with E-state index in [9.17, 15) is 4.79 Å². The first kappa shape index (κ1) is 12.7. The Balaban J connectivity index is 2.07. The van der Waals surface area contributed by atoms with Gasteiger partial charge in [-0.25, -0.2) is 0 Å². The summed E-state index contributed by atoms with van der Waals surface area (Å²) in [5, 5.41) is 2.90. The van der Waals surface area contributed by atoms with Crippen molar-refractivity contribution in [2.45, 2.75) is 45.1 Å². The van der Waals surface area contributed by atoms with Crippen LogP contribution in [0.25, 0.3) is 0 Å². The number of fused-ring (bicyclic) bond motifs is 1. The molecule has 1 amide bonds. The second-order valence-corrected chi connectivity index (χ2v) is 4.82. The molecule has 0 saturated carbocycles. The van der Waals surface area contributed by atoms with E-state index in [2.05, 4.69) is 24.2 Å². The molecule has 1 atom stereocenters. The summed E-state index contributed by atoms with van der Waals surface area (Å²) in [6, 6.07) is 5.83. The van der Waals surface area contributed by atoms with Crippen LogP contribution >= 0.6 is 0 Å². The molecule has 18 heavy (non-hydrogen) atoms. The Morgan fingerprint density at radius 3 is 2.94 bits per heavy atom. The third-order valence-electron chi connectivity index (χ3n) is 3.44. The molecule has 1 aromatic carbocycles. The van der Waals surface area contributed by atoms with Crippen LogP contribution in [0.15, 0.2) is 18.2 Å². The zero-order valence-corrected chi connectivity index (χ0v) is 10.8. The zero-order valence-electron chi connectivity index (χ0n) is 10.8. The van der Waals surface area contributed by atoms with Crippen molar-refractivity contribution in [3.63, 3.8) is 0 Å². The molecule has 94 valence electrons. The van der Waals surface area contributed by atoms with Crippen molar-refractivity contribution in [3.05, 3.63) is 34.9 Å². The molecule has 0 heterocycles. The van der Waals surface area contributed by atoms with Gasteiger partial charge in [0.15, 0.2) is 0 Å². The number of carbonyl (C=O) groups excluding carboxylic acids is 1. The highest BCUT2D eigenvalue weighted by Crippen LogP contribution is 2.22. The first-order valence-electron chi connectivity index (χ1n) is 6.63. The van der Waals surface area contributed by atoms with Gasteiger partial charge in [0.25, 0.3) is 5.91 Å². The fourth-order valence-electron chi connectivity index (χ4n) is 2.44. The van der Waals surface area contributed by atoms with Crippen LogP contribution in [0.5, 0.6) is 0 Å².